The van der Waals surface area contributed by atoms with E-state index in [2.05, 4.69) is 20.9 Å². The first kappa shape index (κ1) is 20.9. The molecule has 3 aromatic carbocycles. The van der Waals surface area contributed by atoms with E-state index < -0.39 is 0 Å². The standard InChI is InChI=1S/C25H21BrN2O3/c1-30-20-12-14-24(31-2)18(15-20)9-13-23(29)25-27-21-5-3-4-6-22(21)28(25)16-17-7-10-19(26)11-8-17/h3-15H,16H2,1-2H3/b13-9+. The number of rotatable bonds is 7. The first-order valence-electron chi connectivity index (χ1n) is 9.73. The van der Waals surface area contributed by atoms with E-state index in [0.29, 0.717) is 23.9 Å². The molecule has 31 heavy (non-hydrogen) atoms. The van der Waals surface area contributed by atoms with Crippen LogP contribution in [0.2, 0.25) is 0 Å². The number of hydrogen-bond acceptors (Lipinski definition) is 4. The average molecular weight is 477 g/mol. The number of fused-ring (bicyclic) bond motifs is 1. The Morgan fingerprint density at radius 3 is 2.55 bits per heavy atom. The van der Waals surface area contributed by atoms with Crippen LogP contribution in [0.25, 0.3) is 17.1 Å². The Labute approximate surface area is 189 Å². The fourth-order valence-corrected chi connectivity index (χ4v) is 3.67. The minimum absolute atomic E-state index is 0.182. The molecule has 0 aliphatic rings. The van der Waals surface area contributed by atoms with Crippen molar-refractivity contribution in [1.82, 2.24) is 9.55 Å². The molecule has 0 saturated carbocycles. The van der Waals surface area contributed by atoms with Crippen molar-refractivity contribution < 1.29 is 14.3 Å². The summed E-state index contributed by atoms with van der Waals surface area (Å²) < 4.78 is 13.7. The van der Waals surface area contributed by atoms with Crippen molar-refractivity contribution in [3.63, 3.8) is 0 Å². The molecule has 1 heterocycles. The average Bonchev–Trinajstić information content (AvgIpc) is 3.17. The molecule has 0 N–H and O–H groups in total. The number of ether oxygens (including phenoxy) is 2. The van der Waals surface area contributed by atoms with Gasteiger partial charge in [-0.2, -0.15) is 0 Å². The van der Waals surface area contributed by atoms with Crippen LogP contribution in [0.3, 0.4) is 0 Å². The zero-order chi connectivity index (χ0) is 21.8. The Bertz CT molecular complexity index is 1260. The number of allylic oxidation sites excluding steroid dienone is 1. The van der Waals surface area contributed by atoms with Crippen LogP contribution in [0.1, 0.15) is 21.7 Å². The van der Waals surface area contributed by atoms with Gasteiger partial charge in [-0.3, -0.25) is 4.79 Å². The van der Waals surface area contributed by atoms with E-state index in [1.165, 1.54) is 6.08 Å². The van der Waals surface area contributed by atoms with Crippen molar-refractivity contribution in [3.05, 3.63) is 94.2 Å². The number of nitrogens with zero attached hydrogens (tertiary/aromatic N) is 2. The van der Waals surface area contributed by atoms with Gasteiger partial charge in [0.25, 0.3) is 0 Å². The molecule has 0 unspecified atom stereocenters. The van der Waals surface area contributed by atoms with Crippen molar-refractivity contribution in [3.8, 4) is 11.5 Å². The smallest absolute Gasteiger partial charge is 0.221 e. The van der Waals surface area contributed by atoms with Crippen molar-refractivity contribution in [2.24, 2.45) is 0 Å². The van der Waals surface area contributed by atoms with Gasteiger partial charge >= 0.3 is 0 Å². The highest BCUT2D eigenvalue weighted by atomic mass is 79.9. The number of methoxy groups -OCH3 is 2. The van der Waals surface area contributed by atoms with Crippen molar-refractivity contribution in [1.29, 1.82) is 0 Å². The van der Waals surface area contributed by atoms with E-state index in [-0.39, 0.29) is 5.78 Å². The zero-order valence-electron chi connectivity index (χ0n) is 17.2. The number of para-hydroxylation sites is 2. The third kappa shape index (κ3) is 4.54. The minimum atomic E-state index is -0.182. The molecule has 0 fully saturated rings. The van der Waals surface area contributed by atoms with Crippen molar-refractivity contribution >= 4 is 38.8 Å². The molecule has 0 aliphatic carbocycles. The zero-order valence-corrected chi connectivity index (χ0v) is 18.8. The van der Waals surface area contributed by atoms with E-state index >= 15 is 0 Å². The molecule has 0 aliphatic heterocycles. The molecule has 6 heteroatoms. The lowest BCUT2D eigenvalue weighted by Crippen LogP contribution is -2.09. The van der Waals surface area contributed by atoms with Gasteiger partial charge in [-0.15, -0.1) is 0 Å². The molecule has 4 rings (SSSR count). The summed E-state index contributed by atoms with van der Waals surface area (Å²) in [5, 5.41) is 0. The summed E-state index contributed by atoms with van der Waals surface area (Å²) in [7, 11) is 3.20. The monoisotopic (exact) mass is 476 g/mol. The van der Waals surface area contributed by atoms with E-state index in [4.69, 9.17) is 9.47 Å². The van der Waals surface area contributed by atoms with Gasteiger partial charge in [0.2, 0.25) is 5.78 Å². The number of ketones is 1. The Kier molecular flexibility index (Phi) is 6.18. The summed E-state index contributed by atoms with van der Waals surface area (Å²) in [6.45, 7) is 0.547. The predicted octanol–water partition coefficient (Wildman–Crippen LogP) is 5.76. The maximum absolute atomic E-state index is 13.2. The van der Waals surface area contributed by atoms with Gasteiger partial charge in [0.05, 0.1) is 25.3 Å². The van der Waals surface area contributed by atoms with Crippen molar-refractivity contribution in [2.75, 3.05) is 14.2 Å². The normalized spacial score (nSPS) is 11.2. The predicted molar refractivity (Wildman–Crippen MR) is 126 cm³/mol. The number of halogens is 1. The fourth-order valence-electron chi connectivity index (χ4n) is 3.41. The summed E-state index contributed by atoms with van der Waals surface area (Å²) in [4.78, 5) is 17.8. The van der Waals surface area contributed by atoms with Crippen LogP contribution in [0.5, 0.6) is 11.5 Å². The van der Waals surface area contributed by atoms with Gasteiger partial charge in [-0.1, -0.05) is 40.2 Å². The second kappa shape index (κ2) is 9.18. The molecular formula is C25H21BrN2O3. The molecule has 1 aromatic heterocycles. The second-order valence-electron chi connectivity index (χ2n) is 6.94. The lowest BCUT2D eigenvalue weighted by Gasteiger charge is -2.09. The van der Waals surface area contributed by atoms with Gasteiger partial charge < -0.3 is 14.0 Å². The van der Waals surface area contributed by atoms with Crippen LogP contribution < -0.4 is 9.47 Å². The molecule has 4 aromatic rings. The first-order valence-corrected chi connectivity index (χ1v) is 10.5. The molecule has 156 valence electrons. The summed E-state index contributed by atoms with van der Waals surface area (Å²) in [6, 6.07) is 21.3. The molecule has 0 atom stereocenters. The van der Waals surface area contributed by atoms with E-state index in [0.717, 1.165) is 26.6 Å². The number of carbonyl (C=O) groups is 1. The Morgan fingerprint density at radius 1 is 1.03 bits per heavy atom. The molecular weight excluding hydrogens is 456 g/mol. The Hall–Kier alpha value is -3.38. The Morgan fingerprint density at radius 2 is 1.81 bits per heavy atom. The topological polar surface area (TPSA) is 53.4 Å². The molecule has 0 saturated heterocycles. The quantitative estimate of drug-likeness (QED) is 0.251. The fraction of sp³-hybridized carbons (Fsp3) is 0.120. The van der Waals surface area contributed by atoms with Gasteiger partial charge in [0.15, 0.2) is 5.82 Å². The second-order valence-corrected chi connectivity index (χ2v) is 7.86. The lowest BCUT2D eigenvalue weighted by atomic mass is 10.1. The summed E-state index contributed by atoms with van der Waals surface area (Å²) in [5.74, 6) is 1.56. The third-order valence-electron chi connectivity index (χ3n) is 4.98. The van der Waals surface area contributed by atoms with Gasteiger partial charge in [-0.05, 0) is 60.2 Å². The highest BCUT2D eigenvalue weighted by molar-refractivity contribution is 9.10. The molecule has 0 amide bonds. The van der Waals surface area contributed by atoms with Gasteiger partial charge in [0.1, 0.15) is 11.5 Å². The van der Waals surface area contributed by atoms with Crippen LogP contribution >= 0.6 is 15.9 Å². The number of hydrogen-bond donors (Lipinski definition) is 0. The summed E-state index contributed by atoms with van der Waals surface area (Å²) in [6.07, 6.45) is 3.25. The maximum Gasteiger partial charge on any atom is 0.221 e. The molecule has 0 spiro atoms. The number of benzene rings is 3. The van der Waals surface area contributed by atoms with Crippen molar-refractivity contribution in [2.45, 2.75) is 6.54 Å². The van der Waals surface area contributed by atoms with Crippen LogP contribution in [-0.2, 0) is 6.54 Å². The third-order valence-corrected chi connectivity index (χ3v) is 5.51. The SMILES string of the molecule is COc1ccc(OC)c(/C=C/C(=O)c2nc3ccccc3n2Cc2ccc(Br)cc2)c1. The highest BCUT2D eigenvalue weighted by Gasteiger charge is 2.16. The largest absolute Gasteiger partial charge is 0.497 e. The van der Waals surface area contributed by atoms with Crippen LogP contribution in [0, 0.1) is 0 Å². The number of carbonyl (C=O) groups excluding carboxylic acids is 1. The minimum Gasteiger partial charge on any atom is -0.497 e. The number of aromatic nitrogens is 2. The number of imidazole rings is 1. The summed E-state index contributed by atoms with van der Waals surface area (Å²) >= 11 is 3.46. The van der Waals surface area contributed by atoms with Crippen LogP contribution in [0.15, 0.2) is 77.3 Å². The maximum atomic E-state index is 13.2. The Balaban J connectivity index is 1.71. The van der Waals surface area contributed by atoms with E-state index in [1.807, 2.05) is 71.3 Å². The van der Waals surface area contributed by atoms with E-state index in [9.17, 15) is 4.79 Å². The van der Waals surface area contributed by atoms with Gasteiger partial charge in [0, 0.05) is 16.6 Å². The molecule has 0 bridgehead atoms. The molecule has 0 radical (unpaired) electrons. The van der Waals surface area contributed by atoms with Crippen LogP contribution in [0.4, 0.5) is 0 Å². The van der Waals surface area contributed by atoms with E-state index in [1.54, 1.807) is 20.3 Å². The highest BCUT2D eigenvalue weighted by Crippen LogP contribution is 2.26. The molecule has 5 nitrogen and oxygen atoms in total. The summed E-state index contributed by atoms with van der Waals surface area (Å²) in [5.41, 5.74) is 3.54. The lowest BCUT2D eigenvalue weighted by molar-refractivity contribution is 0.103. The van der Waals surface area contributed by atoms with Crippen LogP contribution in [-0.4, -0.2) is 29.6 Å². The first-order chi connectivity index (χ1) is 15.1. The van der Waals surface area contributed by atoms with Gasteiger partial charge in [-0.25, -0.2) is 4.98 Å².